The van der Waals surface area contributed by atoms with E-state index in [0.717, 1.165) is 18.4 Å². The molecule has 8 heteroatoms. The second-order valence-corrected chi connectivity index (χ2v) is 6.10. The van der Waals surface area contributed by atoms with Crippen molar-refractivity contribution in [3.63, 3.8) is 0 Å². The van der Waals surface area contributed by atoms with Gasteiger partial charge in [-0.05, 0) is 0 Å². The Hall–Kier alpha value is -1.28. The van der Waals surface area contributed by atoms with Crippen molar-refractivity contribution in [2.45, 2.75) is 0 Å². The van der Waals surface area contributed by atoms with Crippen LogP contribution in [0.15, 0.2) is 12.1 Å². The second kappa shape index (κ2) is 4.77. The van der Waals surface area contributed by atoms with E-state index in [1.54, 1.807) is 4.90 Å². The lowest BCUT2D eigenvalue weighted by atomic mass is 10.3. The number of anilines is 1. The van der Waals surface area contributed by atoms with Gasteiger partial charge in [-0.15, -0.1) is 0 Å². The average Bonchev–Trinajstić information content (AvgIpc) is 2.27. The second-order valence-electron chi connectivity index (χ2n) is 4.12. The van der Waals surface area contributed by atoms with Crippen LogP contribution in [0.2, 0.25) is 0 Å². The molecule has 2 heterocycles. The molecule has 18 heavy (non-hydrogen) atoms. The molecule has 0 bridgehead atoms. The van der Waals surface area contributed by atoms with Crippen LogP contribution in [0.3, 0.4) is 0 Å². The van der Waals surface area contributed by atoms with Gasteiger partial charge in [0.25, 0.3) is 0 Å². The van der Waals surface area contributed by atoms with E-state index in [4.69, 9.17) is 0 Å². The van der Waals surface area contributed by atoms with Gasteiger partial charge in [-0.1, -0.05) is 0 Å². The molecule has 0 N–H and O–H groups in total. The van der Waals surface area contributed by atoms with Crippen LogP contribution in [0.1, 0.15) is 0 Å². The van der Waals surface area contributed by atoms with Gasteiger partial charge in [0.2, 0.25) is 21.9 Å². The van der Waals surface area contributed by atoms with Gasteiger partial charge < -0.3 is 4.90 Å². The highest BCUT2D eigenvalue weighted by Crippen LogP contribution is 2.18. The number of piperazine rings is 1. The summed E-state index contributed by atoms with van der Waals surface area (Å²) in [7, 11) is -3.20. The average molecular weight is 277 g/mol. The molecule has 2 rings (SSSR count). The summed E-state index contributed by atoms with van der Waals surface area (Å²) in [6.45, 7) is 1.42. The van der Waals surface area contributed by atoms with E-state index in [1.807, 2.05) is 0 Å². The zero-order valence-electron chi connectivity index (χ0n) is 9.81. The van der Waals surface area contributed by atoms with E-state index < -0.39 is 21.9 Å². The summed E-state index contributed by atoms with van der Waals surface area (Å²) < 4.78 is 49.9. The predicted octanol–water partition coefficient (Wildman–Crippen LogP) is 0.441. The molecule has 1 fully saturated rings. The number of hydrogen-bond acceptors (Lipinski definition) is 4. The molecule has 1 aliphatic rings. The molecular formula is C10H13F2N3O2S. The van der Waals surface area contributed by atoms with Crippen molar-refractivity contribution in [1.29, 1.82) is 0 Å². The first-order chi connectivity index (χ1) is 8.36. The van der Waals surface area contributed by atoms with Crippen LogP contribution in [0.25, 0.3) is 0 Å². The van der Waals surface area contributed by atoms with Crippen LogP contribution in [0, 0.1) is 11.9 Å². The van der Waals surface area contributed by atoms with E-state index in [0.29, 0.717) is 31.9 Å². The fourth-order valence-corrected chi connectivity index (χ4v) is 2.74. The van der Waals surface area contributed by atoms with Crippen LogP contribution in [0.4, 0.5) is 14.5 Å². The number of aromatic nitrogens is 1. The van der Waals surface area contributed by atoms with Gasteiger partial charge >= 0.3 is 0 Å². The van der Waals surface area contributed by atoms with Crippen LogP contribution in [-0.2, 0) is 10.0 Å². The molecule has 0 amide bonds. The van der Waals surface area contributed by atoms with Crippen molar-refractivity contribution in [2.75, 3.05) is 37.3 Å². The number of nitrogens with zero attached hydrogens (tertiary/aromatic N) is 3. The van der Waals surface area contributed by atoms with E-state index >= 15 is 0 Å². The Balaban J connectivity index is 2.10. The van der Waals surface area contributed by atoms with Crippen LogP contribution in [-0.4, -0.2) is 50.1 Å². The number of pyridine rings is 1. The quantitative estimate of drug-likeness (QED) is 0.736. The maximum absolute atomic E-state index is 13.0. The molecule has 1 aromatic rings. The zero-order valence-corrected chi connectivity index (χ0v) is 10.6. The highest BCUT2D eigenvalue weighted by molar-refractivity contribution is 7.88. The van der Waals surface area contributed by atoms with Crippen molar-refractivity contribution in [1.82, 2.24) is 9.29 Å². The maximum Gasteiger partial charge on any atom is 0.217 e. The maximum atomic E-state index is 13.0. The van der Waals surface area contributed by atoms with Gasteiger partial charge in [-0.2, -0.15) is 18.1 Å². The molecule has 0 aromatic carbocycles. The number of sulfonamides is 1. The van der Waals surface area contributed by atoms with Crippen molar-refractivity contribution >= 4 is 15.7 Å². The highest BCUT2D eigenvalue weighted by Gasteiger charge is 2.24. The van der Waals surface area contributed by atoms with E-state index in [9.17, 15) is 17.2 Å². The Morgan fingerprint density at radius 3 is 2.06 bits per heavy atom. The van der Waals surface area contributed by atoms with E-state index in [-0.39, 0.29) is 0 Å². The standard InChI is InChI=1S/C10H13F2N3O2S/c1-18(16,17)15-4-2-14(3-5-15)8-6-9(11)13-10(12)7-8/h6-7H,2-5H2,1H3. The first kappa shape index (κ1) is 13.2. The lowest BCUT2D eigenvalue weighted by Crippen LogP contribution is -2.48. The lowest BCUT2D eigenvalue weighted by Gasteiger charge is -2.34. The fraction of sp³-hybridized carbons (Fsp3) is 0.500. The fourth-order valence-electron chi connectivity index (χ4n) is 1.91. The van der Waals surface area contributed by atoms with E-state index in [2.05, 4.69) is 4.98 Å². The minimum absolute atomic E-state index is 0.310. The van der Waals surface area contributed by atoms with Crippen molar-refractivity contribution in [3.8, 4) is 0 Å². The predicted molar refractivity (Wildman–Crippen MR) is 62.8 cm³/mol. The molecule has 0 aliphatic carbocycles. The zero-order chi connectivity index (χ0) is 13.3. The molecule has 5 nitrogen and oxygen atoms in total. The smallest absolute Gasteiger partial charge is 0.217 e. The minimum Gasteiger partial charge on any atom is -0.369 e. The van der Waals surface area contributed by atoms with Crippen LogP contribution >= 0.6 is 0 Å². The Bertz CT molecular complexity index is 522. The number of rotatable bonds is 2. The SMILES string of the molecule is CS(=O)(=O)N1CCN(c2cc(F)nc(F)c2)CC1. The number of hydrogen-bond donors (Lipinski definition) is 0. The van der Waals surface area contributed by atoms with Gasteiger partial charge in [0.15, 0.2) is 0 Å². The monoisotopic (exact) mass is 277 g/mol. The van der Waals surface area contributed by atoms with Gasteiger partial charge in [0, 0.05) is 44.0 Å². The molecule has 0 unspecified atom stereocenters. The summed E-state index contributed by atoms with van der Waals surface area (Å²) in [5.41, 5.74) is 0.383. The lowest BCUT2D eigenvalue weighted by molar-refractivity contribution is 0.387. The molecule has 0 atom stereocenters. The normalized spacial score (nSPS) is 18.1. The molecule has 0 saturated carbocycles. The Morgan fingerprint density at radius 1 is 1.11 bits per heavy atom. The highest BCUT2D eigenvalue weighted by atomic mass is 32.2. The Labute approximate surface area is 104 Å². The summed E-state index contributed by atoms with van der Waals surface area (Å²) in [4.78, 5) is 4.75. The summed E-state index contributed by atoms with van der Waals surface area (Å²) in [6, 6.07) is 2.28. The third kappa shape index (κ3) is 2.94. The Kier molecular flexibility index (Phi) is 3.49. The Morgan fingerprint density at radius 2 is 1.61 bits per heavy atom. The molecule has 0 radical (unpaired) electrons. The summed E-state index contributed by atoms with van der Waals surface area (Å²) in [6.07, 6.45) is 1.15. The molecule has 100 valence electrons. The molecule has 1 saturated heterocycles. The van der Waals surface area contributed by atoms with Crippen molar-refractivity contribution in [2.24, 2.45) is 0 Å². The van der Waals surface area contributed by atoms with Gasteiger partial charge in [0.1, 0.15) is 0 Å². The van der Waals surface area contributed by atoms with Crippen molar-refractivity contribution < 1.29 is 17.2 Å². The molecule has 0 spiro atoms. The van der Waals surface area contributed by atoms with E-state index in [1.165, 1.54) is 4.31 Å². The first-order valence-corrected chi connectivity index (χ1v) is 7.24. The van der Waals surface area contributed by atoms with Gasteiger partial charge in [0.05, 0.1) is 6.26 Å². The molecule has 1 aromatic heterocycles. The number of halogens is 2. The third-order valence-corrected chi connectivity index (χ3v) is 4.12. The summed E-state index contributed by atoms with van der Waals surface area (Å²) in [5.74, 6) is -1.76. The van der Waals surface area contributed by atoms with Crippen LogP contribution in [0.5, 0.6) is 0 Å². The third-order valence-electron chi connectivity index (χ3n) is 2.82. The van der Waals surface area contributed by atoms with Crippen LogP contribution < -0.4 is 4.90 Å². The summed E-state index contributed by atoms with van der Waals surface area (Å²) >= 11 is 0. The molecule has 1 aliphatic heterocycles. The van der Waals surface area contributed by atoms with Gasteiger partial charge in [-0.3, -0.25) is 0 Å². The first-order valence-electron chi connectivity index (χ1n) is 5.39. The molecular weight excluding hydrogens is 264 g/mol. The topological polar surface area (TPSA) is 53.5 Å². The van der Waals surface area contributed by atoms with Crippen molar-refractivity contribution in [3.05, 3.63) is 24.0 Å². The minimum atomic E-state index is -3.20. The summed E-state index contributed by atoms with van der Waals surface area (Å²) in [5, 5.41) is 0. The largest absolute Gasteiger partial charge is 0.369 e. The van der Waals surface area contributed by atoms with Gasteiger partial charge in [-0.25, -0.2) is 8.42 Å².